The Kier molecular flexibility index (Phi) is 13.3. The van der Waals surface area contributed by atoms with Crippen LogP contribution in [0.2, 0.25) is 0 Å². The largest absolute Gasteiger partial charge is 0.493 e. The molecular formula is C37H41N3O9S. The lowest BCUT2D eigenvalue weighted by atomic mass is 9.99. The number of aliphatic carboxylic acids is 2. The third-order valence-electron chi connectivity index (χ3n) is 7.67. The first-order chi connectivity index (χ1) is 23.9. The van der Waals surface area contributed by atoms with Gasteiger partial charge in [0.2, 0.25) is 15.9 Å². The Morgan fingerprint density at radius 3 is 2.24 bits per heavy atom. The van der Waals surface area contributed by atoms with Crippen molar-refractivity contribution >= 4 is 33.6 Å². The third-order valence-corrected chi connectivity index (χ3v) is 8.22. The number of nitrogens with one attached hydrogen (secondary N) is 1. The van der Waals surface area contributed by atoms with Crippen molar-refractivity contribution in [3.8, 4) is 17.2 Å². The molecule has 0 aliphatic heterocycles. The molecule has 0 unspecified atom stereocenters. The Balaban J connectivity index is 1.35. The lowest BCUT2D eigenvalue weighted by Crippen LogP contribution is -2.41. The van der Waals surface area contributed by atoms with E-state index in [1.54, 1.807) is 24.3 Å². The summed E-state index contributed by atoms with van der Waals surface area (Å²) in [6.07, 6.45) is 5.27. The second-order valence-electron chi connectivity index (χ2n) is 11.8. The van der Waals surface area contributed by atoms with Gasteiger partial charge in [-0.15, -0.1) is 0 Å². The quantitative estimate of drug-likeness (QED) is 0.139. The van der Waals surface area contributed by atoms with E-state index in [0.717, 1.165) is 28.7 Å². The van der Waals surface area contributed by atoms with E-state index in [2.05, 4.69) is 26.7 Å². The maximum atomic E-state index is 12.2. The van der Waals surface area contributed by atoms with E-state index in [1.807, 2.05) is 61.5 Å². The summed E-state index contributed by atoms with van der Waals surface area (Å²) in [5.41, 5.74) is 4.38. The lowest BCUT2D eigenvalue weighted by Gasteiger charge is -2.30. The molecule has 0 heterocycles. The number of hydrogen-bond donors (Lipinski definition) is 3. The summed E-state index contributed by atoms with van der Waals surface area (Å²) in [5, 5.41) is 20.3. The minimum atomic E-state index is -3.54. The number of carboxylic acids is 2. The van der Waals surface area contributed by atoms with Crippen molar-refractivity contribution in [1.29, 1.82) is 0 Å². The Morgan fingerprint density at radius 2 is 1.58 bits per heavy atom. The van der Waals surface area contributed by atoms with Crippen molar-refractivity contribution < 1.29 is 42.5 Å². The molecule has 0 fully saturated rings. The molecule has 12 nitrogen and oxygen atoms in total. The first kappa shape index (κ1) is 37.4. The molecule has 264 valence electrons. The molecule has 4 rings (SSSR count). The number of benzene rings is 3. The van der Waals surface area contributed by atoms with Gasteiger partial charge in [-0.05, 0) is 66.8 Å². The number of carboxylic acid groups (broad SMARTS) is 2. The van der Waals surface area contributed by atoms with Crippen LogP contribution in [0.15, 0.2) is 107 Å². The molecule has 0 saturated heterocycles. The molecule has 0 aromatic heterocycles. The molecule has 0 bridgehead atoms. The van der Waals surface area contributed by atoms with Gasteiger partial charge in [0, 0.05) is 44.1 Å². The highest BCUT2D eigenvalue weighted by molar-refractivity contribution is 7.89. The van der Waals surface area contributed by atoms with Gasteiger partial charge in [-0.3, -0.25) is 9.59 Å². The summed E-state index contributed by atoms with van der Waals surface area (Å²) in [6.45, 7) is 3.26. The fraction of sp³-hybridized carbons (Fsp3) is 0.297. The maximum absolute atomic E-state index is 12.2. The zero-order chi connectivity index (χ0) is 36.1. The fourth-order valence-corrected chi connectivity index (χ4v) is 5.86. The van der Waals surface area contributed by atoms with Crippen LogP contribution in [0.5, 0.6) is 17.2 Å². The number of rotatable bonds is 18. The number of carbonyl (C=O) groups excluding carboxylic acids is 1. The van der Waals surface area contributed by atoms with E-state index < -0.39 is 33.9 Å². The third kappa shape index (κ3) is 12.2. The van der Waals surface area contributed by atoms with Gasteiger partial charge in [0.05, 0.1) is 18.6 Å². The van der Waals surface area contributed by atoms with Gasteiger partial charge < -0.3 is 29.9 Å². The average Bonchev–Trinajstić information content (AvgIpc) is 3.06. The van der Waals surface area contributed by atoms with Crippen molar-refractivity contribution in [3.63, 3.8) is 0 Å². The molecule has 0 radical (unpaired) electrons. The van der Waals surface area contributed by atoms with E-state index in [4.69, 9.17) is 14.6 Å². The van der Waals surface area contributed by atoms with Gasteiger partial charge in [-0.2, -0.15) is 4.40 Å². The molecule has 1 aliphatic carbocycles. The Bertz CT molecular complexity index is 1850. The van der Waals surface area contributed by atoms with Crippen molar-refractivity contribution in [3.05, 3.63) is 113 Å². The molecule has 0 saturated carbocycles. The highest BCUT2D eigenvalue weighted by Crippen LogP contribution is 2.28. The van der Waals surface area contributed by atoms with Crippen LogP contribution in [-0.4, -0.2) is 66.0 Å². The van der Waals surface area contributed by atoms with E-state index in [9.17, 15) is 27.9 Å². The normalized spacial score (nSPS) is 14.2. The first-order valence-corrected chi connectivity index (χ1v) is 17.9. The second kappa shape index (κ2) is 17.8. The van der Waals surface area contributed by atoms with Gasteiger partial charge in [0.25, 0.3) is 0 Å². The van der Waals surface area contributed by atoms with Crippen LogP contribution in [0.1, 0.15) is 50.2 Å². The van der Waals surface area contributed by atoms with Gasteiger partial charge in [-0.1, -0.05) is 54.6 Å². The molecule has 1 atom stereocenters. The Hall–Kier alpha value is -5.43. The Labute approximate surface area is 291 Å². The molecule has 0 spiro atoms. The molecule has 3 aromatic rings. The number of nitrogens with zero attached hydrogens (tertiary/aromatic N) is 2. The SMILES string of the molecule is CC1=C(N(Cc2ccccc2)Cc2ccc(Oc3cccc(OCCCC(=O)N[C@@H](CCC(=O)O)C(=O)O)c3)cc2)C=CCC1=NS(C)(=O)=O. The molecule has 13 heteroatoms. The van der Waals surface area contributed by atoms with Crippen molar-refractivity contribution in [1.82, 2.24) is 10.2 Å². The number of amides is 1. The highest BCUT2D eigenvalue weighted by Gasteiger charge is 2.21. The predicted octanol–water partition coefficient (Wildman–Crippen LogP) is 5.71. The second-order valence-corrected chi connectivity index (χ2v) is 13.4. The number of carbonyl (C=O) groups is 3. The van der Waals surface area contributed by atoms with Crippen molar-refractivity contribution in [2.24, 2.45) is 4.40 Å². The predicted molar refractivity (Wildman–Crippen MR) is 189 cm³/mol. The van der Waals surface area contributed by atoms with E-state index in [1.165, 1.54) is 0 Å². The maximum Gasteiger partial charge on any atom is 0.326 e. The number of ether oxygens (including phenoxy) is 2. The summed E-state index contributed by atoms with van der Waals surface area (Å²) < 4.78 is 39.7. The molecular weight excluding hydrogens is 662 g/mol. The fourth-order valence-electron chi connectivity index (χ4n) is 5.25. The first-order valence-electron chi connectivity index (χ1n) is 16.1. The van der Waals surface area contributed by atoms with Crippen molar-refractivity contribution in [2.45, 2.75) is 58.2 Å². The van der Waals surface area contributed by atoms with Gasteiger partial charge in [0.15, 0.2) is 0 Å². The number of hydrogen-bond acceptors (Lipinski definition) is 8. The molecule has 3 N–H and O–H groups in total. The molecule has 3 aromatic carbocycles. The highest BCUT2D eigenvalue weighted by atomic mass is 32.2. The van der Waals surface area contributed by atoms with E-state index in [-0.39, 0.29) is 25.9 Å². The summed E-state index contributed by atoms with van der Waals surface area (Å²) in [4.78, 5) is 36.4. The molecule has 1 amide bonds. The number of sulfonamides is 1. The monoisotopic (exact) mass is 703 g/mol. The van der Waals surface area contributed by atoms with Crippen LogP contribution < -0.4 is 14.8 Å². The van der Waals surface area contributed by atoms with Gasteiger partial charge in [-0.25, -0.2) is 13.2 Å². The minimum absolute atomic E-state index is 0.0186. The van der Waals surface area contributed by atoms with Crippen LogP contribution >= 0.6 is 0 Å². The molecule has 50 heavy (non-hydrogen) atoms. The van der Waals surface area contributed by atoms with Gasteiger partial charge >= 0.3 is 11.9 Å². The van der Waals surface area contributed by atoms with Crippen LogP contribution in [0.4, 0.5) is 0 Å². The van der Waals surface area contributed by atoms with Crippen LogP contribution in [0.25, 0.3) is 0 Å². The summed E-state index contributed by atoms with van der Waals surface area (Å²) >= 11 is 0. The van der Waals surface area contributed by atoms with E-state index >= 15 is 0 Å². The van der Waals surface area contributed by atoms with Gasteiger partial charge in [0.1, 0.15) is 23.3 Å². The zero-order valence-electron chi connectivity index (χ0n) is 27.9. The van der Waals surface area contributed by atoms with Crippen LogP contribution in [-0.2, 0) is 37.5 Å². The van der Waals surface area contributed by atoms with Crippen LogP contribution in [0.3, 0.4) is 0 Å². The summed E-state index contributed by atoms with van der Waals surface area (Å²) in [5.74, 6) is -1.22. The minimum Gasteiger partial charge on any atom is -0.493 e. The number of allylic oxidation sites excluding steroid dienone is 3. The van der Waals surface area contributed by atoms with E-state index in [0.29, 0.717) is 48.9 Å². The average molecular weight is 704 g/mol. The van der Waals surface area contributed by atoms with Crippen molar-refractivity contribution in [2.75, 3.05) is 12.9 Å². The lowest BCUT2D eigenvalue weighted by molar-refractivity contribution is -0.143. The Morgan fingerprint density at radius 1 is 0.900 bits per heavy atom. The topological polar surface area (TPSA) is 172 Å². The zero-order valence-corrected chi connectivity index (χ0v) is 28.8. The standard InChI is InChI=1S/C37H41N3O9S/c1-26-32(39-50(2,46)47)13-7-14-34(26)40(24-27-9-4-3-5-10-27)25-28-16-18-29(19-17-28)49-31-12-6-11-30(23-31)48-22-8-15-35(41)38-33(37(44)45)20-21-36(42)43/h3-7,9-12,14,16-19,23,33H,8,13,15,20-22,24-25H2,1-2H3,(H,38,41)(H,42,43)(H,44,45)/t33-/m0/s1. The van der Waals surface area contributed by atoms with Crippen LogP contribution in [0, 0.1) is 0 Å². The summed E-state index contributed by atoms with van der Waals surface area (Å²) in [6, 6.07) is 23.5. The summed E-state index contributed by atoms with van der Waals surface area (Å²) in [7, 11) is -3.54. The smallest absolute Gasteiger partial charge is 0.326 e. The molecule has 1 aliphatic rings.